The summed E-state index contributed by atoms with van der Waals surface area (Å²) < 4.78 is 13.8. The molecule has 34 heavy (non-hydrogen) atoms. The van der Waals surface area contributed by atoms with Gasteiger partial charge in [-0.1, -0.05) is 61.0 Å². The van der Waals surface area contributed by atoms with Crippen LogP contribution in [-0.4, -0.2) is 28.3 Å². The topological polar surface area (TPSA) is 65.4 Å². The molecule has 1 N–H and O–H groups in total. The van der Waals surface area contributed by atoms with Crippen LogP contribution >= 0.6 is 11.8 Å². The molecule has 0 radical (unpaired) electrons. The minimum Gasteiger partial charge on any atom is -0.493 e. The number of rotatable bonds is 10. The molecule has 0 aliphatic heterocycles. The first-order valence-corrected chi connectivity index (χ1v) is 12.8. The van der Waals surface area contributed by atoms with Gasteiger partial charge >= 0.3 is 0 Å². The number of benzene rings is 2. The van der Waals surface area contributed by atoms with Crippen molar-refractivity contribution >= 4 is 17.7 Å². The summed E-state index contributed by atoms with van der Waals surface area (Å²) in [6.45, 7) is 5.08. The van der Waals surface area contributed by atoms with Gasteiger partial charge in [-0.05, 0) is 49.9 Å². The number of nitrogens with zero attached hydrogens (tertiary/aromatic N) is 2. The Morgan fingerprint density at radius 3 is 2.59 bits per heavy atom. The highest BCUT2D eigenvalue weighted by molar-refractivity contribution is 7.99. The Labute approximate surface area is 206 Å². The average molecular weight is 480 g/mol. The van der Waals surface area contributed by atoms with Crippen LogP contribution in [0.15, 0.2) is 53.7 Å². The van der Waals surface area contributed by atoms with E-state index >= 15 is 0 Å². The van der Waals surface area contributed by atoms with E-state index < -0.39 is 0 Å². The maximum absolute atomic E-state index is 12.6. The summed E-state index contributed by atoms with van der Waals surface area (Å²) in [7, 11) is 1.63. The fraction of sp³-hybridized carbons (Fsp3) is 0.407. The third-order valence-corrected chi connectivity index (χ3v) is 7.28. The van der Waals surface area contributed by atoms with Crippen LogP contribution < -0.4 is 14.8 Å². The molecular formula is C27H33N3O3S. The SMILES string of the molecule is COc1cc(CNC(=O)CSc2nc(C)c(C)n2C2CCCC2)ccc1OCc1ccccc1. The van der Waals surface area contributed by atoms with E-state index in [4.69, 9.17) is 14.5 Å². The number of hydrogen-bond donors (Lipinski definition) is 1. The van der Waals surface area contributed by atoms with E-state index in [1.165, 1.54) is 43.1 Å². The minimum absolute atomic E-state index is 0.00958. The van der Waals surface area contributed by atoms with Gasteiger partial charge < -0.3 is 19.4 Å². The summed E-state index contributed by atoms with van der Waals surface area (Å²) in [6.07, 6.45) is 4.93. The van der Waals surface area contributed by atoms with E-state index in [1.54, 1.807) is 7.11 Å². The molecule has 4 rings (SSSR count). The number of nitrogens with one attached hydrogen (secondary N) is 1. The number of hydrogen-bond acceptors (Lipinski definition) is 5. The van der Waals surface area contributed by atoms with Crippen LogP contribution in [0.1, 0.15) is 54.2 Å². The number of carbonyl (C=O) groups excluding carboxylic acids is 1. The highest BCUT2D eigenvalue weighted by Crippen LogP contribution is 2.35. The van der Waals surface area contributed by atoms with Crippen LogP contribution in [0, 0.1) is 13.8 Å². The quantitative estimate of drug-likeness (QED) is 0.383. The third kappa shape index (κ3) is 5.95. The fourth-order valence-corrected chi connectivity index (χ4v) is 5.34. The van der Waals surface area contributed by atoms with E-state index in [1.807, 2.05) is 55.5 Å². The first-order valence-electron chi connectivity index (χ1n) is 11.8. The predicted molar refractivity (Wildman–Crippen MR) is 136 cm³/mol. The number of thioether (sulfide) groups is 1. The van der Waals surface area contributed by atoms with Crippen LogP contribution in [0.5, 0.6) is 11.5 Å². The number of methoxy groups -OCH3 is 1. The maximum Gasteiger partial charge on any atom is 0.230 e. The van der Waals surface area contributed by atoms with Crippen molar-refractivity contribution in [3.05, 3.63) is 71.0 Å². The second-order valence-electron chi connectivity index (χ2n) is 8.70. The van der Waals surface area contributed by atoms with Gasteiger partial charge in [0.1, 0.15) is 6.61 Å². The fourth-order valence-electron chi connectivity index (χ4n) is 4.35. The van der Waals surface area contributed by atoms with E-state index in [0.717, 1.165) is 22.0 Å². The summed E-state index contributed by atoms with van der Waals surface area (Å²) in [4.78, 5) is 17.3. The molecule has 1 aliphatic rings. The lowest BCUT2D eigenvalue weighted by Gasteiger charge is -2.17. The summed E-state index contributed by atoms with van der Waals surface area (Å²) in [6, 6.07) is 16.3. The van der Waals surface area contributed by atoms with Crippen LogP contribution in [0.4, 0.5) is 0 Å². The molecule has 3 aromatic rings. The second kappa shape index (κ2) is 11.5. The lowest BCUT2D eigenvalue weighted by molar-refractivity contribution is -0.118. The molecule has 0 unspecified atom stereocenters. The number of ether oxygens (including phenoxy) is 2. The summed E-state index contributed by atoms with van der Waals surface area (Å²) in [5, 5.41) is 3.97. The number of imidazole rings is 1. The molecule has 2 aromatic carbocycles. The smallest absolute Gasteiger partial charge is 0.230 e. The van der Waals surface area contributed by atoms with Crippen LogP contribution in [0.2, 0.25) is 0 Å². The second-order valence-corrected chi connectivity index (χ2v) is 9.64. The molecule has 1 aromatic heterocycles. The molecule has 7 heteroatoms. The van der Waals surface area contributed by atoms with Crippen LogP contribution in [0.3, 0.4) is 0 Å². The summed E-state index contributed by atoms with van der Waals surface area (Å²) in [5.74, 6) is 1.67. The Morgan fingerprint density at radius 2 is 1.85 bits per heavy atom. The molecule has 0 spiro atoms. The highest BCUT2D eigenvalue weighted by atomic mass is 32.2. The Morgan fingerprint density at radius 1 is 1.09 bits per heavy atom. The van der Waals surface area contributed by atoms with Crippen molar-refractivity contribution in [3.63, 3.8) is 0 Å². The van der Waals surface area contributed by atoms with E-state index in [0.29, 0.717) is 36.4 Å². The van der Waals surface area contributed by atoms with Gasteiger partial charge in [-0.3, -0.25) is 4.79 Å². The third-order valence-electron chi connectivity index (χ3n) is 6.33. The molecule has 0 bridgehead atoms. The predicted octanol–water partition coefficient (Wildman–Crippen LogP) is 5.61. The first kappa shape index (κ1) is 24.2. The van der Waals surface area contributed by atoms with Gasteiger partial charge in [0.15, 0.2) is 16.7 Å². The van der Waals surface area contributed by atoms with Gasteiger partial charge in [-0.15, -0.1) is 0 Å². The Kier molecular flexibility index (Phi) is 8.16. The van der Waals surface area contributed by atoms with E-state index in [-0.39, 0.29) is 5.91 Å². The summed E-state index contributed by atoms with van der Waals surface area (Å²) in [5.41, 5.74) is 4.33. The molecule has 1 aliphatic carbocycles. The maximum atomic E-state index is 12.6. The number of aryl methyl sites for hydroxylation is 1. The standard InChI is InChI=1S/C27H33N3O3S/c1-19-20(2)30(23-11-7-8-12-23)27(29-19)34-18-26(31)28-16-22-13-14-24(25(15-22)32-3)33-17-21-9-5-4-6-10-21/h4-6,9-10,13-15,23H,7-8,11-12,16-18H2,1-3H3,(H,28,31). The molecule has 1 heterocycles. The molecule has 6 nitrogen and oxygen atoms in total. The monoisotopic (exact) mass is 479 g/mol. The first-order chi connectivity index (χ1) is 16.5. The van der Waals surface area contributed by atoms with Crippen LogP contribution in [-0.2, 0) is 17.9 Å². The normalized spacial score (nSPS) is 13.7. The van der Waals surface area contributed by atoms with Crippen molar-refractivity contribution in [1.82, 2.24) is 14.9 Å². The average Bonchev–Trinajstić information content (AvgIpc) is 3.48. The van der Waals surface area contributed by atoms with Crippen molar-refractivity contribution < 1.29 is 14.3 Å². The van der Waals surface area contributed by atoms with Gasteiger partial charge in [-0.2, -0.15) is 0 Å². The van der Waals surface area contributed by atoms with Crippen molar-refractivity contribution in [3.8, 4) is 11.5 Å². The van der Waals surface area contributed by atoms with Gasteiger partial charge in [-0.25, -0.2) is 4.98 Å². The minimum atomic E-state index is -0.00958. The summed E-state index contributed by atoms with van der Waals surface area (Å²) >= 11 is 1.52. The zero-order valence-electron chi connectivity index (χ0n) is 20.2. The Bertz CT molecular complexity index is 1110. The molecular weight excluding hydrogens is 446 g/mol. The molecule has 0 saturated heterocycles. The number of aromatic nitrogens is 2. The van der Waals surface area contributed by atoms with Crippen LogP contribution in [0.25, 0.3) is 0 Å². The molecule has 1 fully saturated rings. The van der Waals surface area contributed by atoms with Gasteiger partial charge in [0.25, 0.3) is 0 Å². The molecule has 1 saturated carbocycles. The highest BCUT2D eigenvalue weighted by Gasteiger charge is 2.23. The zero-order chi connectivity index (χ0) is 23.9. The van der Waals surface area contributed by atoms with E-state index in [2.05, 4.69) is 16.8 Å². The van der Waals surface area contributed by atoms with E-state index in [9.17, 15) is 4.79 Å². The lowest BCUT2D eigenvalue weighted by atomic mass is 10.2. The largest absolute Gasteiger partial charge is 0.493 e. The van der Waals surface area contributed by atoms with Gasteiger partial charge in [0.2, 0.25) is 5.91 Å². The number of amides is 1. The molecule has 180 valence electrons. The van der Waals surface area contributed by atoms with Gasteiger partial charge in [0, 0.05) is 18.3 Å². The lowest BCUT2D eigenvalue weighted by Crippen LogP contribution is -2.24. The molecule has 0 atom stereocenters. The Balaban J connectivity index is 1.30. The zero-order valence-corrected chi connectivity index (χ0v) is 21.0. The van der Waals surface area contributed by atoms with Crippen molar-refractivity contribution in [2.75, 3.05) is 12.9 Å². The van der Waals surface area contributed by atoms with Crippen molar-refractivity contribution in [1.29, 1.82) is 0 Å². The van der Waals surface area contributed by atoms with Crippen molar-refractivity contribution in [2.24, 2.45) is 0 Å². The Hall–Kier alpha value is -2.93. The van der Waals surface area contributed by atoms with Crippen molar-refractivity contribution in [2.45, 2.75) is 63.9 Å². The molecule has 1 amide bonds. The van der Waals surface area contributed by atoms with Gasteiger partial charge in [0.05, 0.1) is 18.6 Å². The number of carbonyl (C=O) groups is 1.